The van der Waals surface area contributed by atoms with Gasteiger partial charge in [-0.3, -0.25) is 14.5 Å². The average molecular weight is 650 g/mol. The number of aryl methyl sites for hydroxylation is 1. The molecule has 4 heterocycles. The molecule has 4 aliphatic rings. The number of aromatic nitrogens is 2. The van der Waals surface area contributed by atoms with Crippen molar-refractivity contribution in [2.45, 2.75) is 70.6 Å². The Labute approximate surface area is 271 Å². The highest BCUT2D eigenvalue weighted by Crippen LogP contribution is 2.47. The van der Waals surface area contributed by atoms with Crippen LogP contribution in [0.3, 0.4) is 0 Å². The van der Waals surface area contributed by atoms with Crippen LogP contribution in [0, 0.1) is 18.3 Å². The molecule has 2 aromatic carbocycles. The van der Waals surface area contributed by atoms with Gasteiger partial charge in [0.1, 0.15) is 0 Å². The van der Waals surface area contributed by atoms with Crippen LogP contribution in [0.25, 0.3) is 0 Å². The highest BCUT2D eigenvalue weighted by atomic mass is 32.1. The van der Waals surface area contributed by atoms with Crippen molar-refractivity contribution in [1.29, 1.82) is 0 Å². The van der Waals surface area contributed by atoms with E-state index < -0.39 is 17.6 Å². The van der Waals surface area contributed by atoms with E-state index >= 15 is 0 Å². The number of anilines is 1. The lowest BCUT2D eigenvalue weighted by Crippen LogP contribution is -2.34. The molecule has 11 heteroatoms. The molecule has 0 radical (unpaired) electrons. The summed E-state index contributed by atoms with van der Waals surface area (Å²) in [6.45, 7) is 10.1. The molecule has 3 aromatic rings. The Bertz CT molecular complexity index is 1700. The standard InChI is InChI=1S/C35H38F3N5O2S/c1-4-30(44)42-14-12-34(20-42)11-13-41(19-34)21(2)25-16-27-28(29(17-25)35(36,37)38)18-43(33(27)45)26-10-6-9-24(15-26)31(23-7-5-8-23)32-22(3)46-40-39-32/h4,6,9-10,15-17,21,23,31H,1,5,7-8,11-14,18-20H2,2-3H3/t21-,31-,34+/m1/s1. The van der Waals surface area contributed by atoms with Crippen LogP contribution in [0.2, 0.25) is 0 Å². The molecule has 2 amide bonds. The molecule has 1 spiro atoms. The molecule has 3 aliphatic heterocycles. The van der Waals surface area contributed by atoms with E-state index in [1.54, 1.807) is 12.1 Å². The molecule has 3 atom stereocenters. The lowest BCUT2D eigenvalue weighted by atomic mass is 9.71. The van der Waals surface area contributed by atoms with Gasteiger partial charge < -0.3 is 9.80 Å². The van der Waals surface area contributed by atoms with Crippen LogP contribution in [-0.4, -0.2) is 57.4 Å². The SMILES string of the molecule is C=CC(=O)N1CC[C@]2(CCN([C@H](C)c3cc4c(c(C(F)(F)F)c3)CN(c3cccc([C@H](c5nnsc5C)C5CCC5)c3)C4=O)C2)C1. The summed E-state index contributed by atoms with van der Waals surface area (Å²) in [6.07, 6.45) is 1.78. The second kappa shape index (κ2) is 11.6. The number of rotatable bonds is 7. The van der Waals surface area contributed by atoms with Crippen molar-refractivity contribution in [3.05, 3.63) is 87.4 Å². The van der Waals surface area contributed by atoms with Gasteiger partial charge in [0, 0.05) is 53.1 Å². The van der Waals surface area contributed by atoms with Gasteiger partial charge in [0.2, 0.25) is 5.91 Å². The lowest BCUT2D eigenvalue weighted by Gasteiger charge is -2.34. The Morgan fingerprint density at radius 1 is 1.13 bits per heavy atom. The van der Waals surface area contributed by atoms with E-state index in [9.17, 15) is 22.8 Å². The summed E-state index contributed by atoms with van der Waals surface area (Å²) in [5.41, 5.74) is 2.37. The average Bonchev–Trinajstić information content (AvgIpc) is 3.81. The molecule has 7 nitrogen and oxygen atoms in total. The number of hydrogen-bond donors (Lipinski definition) is 0. The van der Waals surface area contributed by atoms with Crippen molar-refractivity contribution in [3.63, 3.8) is 0 Å². The summed E-state index contributed by atoms with van der Waals surface area (Å²) in [4.78, 5) is 32.7. The van der Waals surface area contributed by atoms with Gasteiger partial charge in [0.15, 0.2) is 0 Å². The van der Waals surface area contributed by atoms with E-state index in [-0.39, 0.29) is 41.0 Å². The summed E-state index contributed by atoms with van der Waals surface area (Å²) < 4.78 is 48.0. The monoisotopic (exact) mass is 649 g/mol. The van der Waals surface area contributed by atoms with Crippen LogP contribution in [0.5, 0.6) is 0 Å². The van der Waals surface area contributed by atoms with E-state index in [4.69, 9.17) is 0 Å². The van der Waals surface area contributed by atoms with E-state index in [2.05, 4.69) is 21.1 Å². The van der Waals surface area contributed by atoms with Gasteiger partial charge in [-0.2, -0.15) is 13.2 Å². The van der Waals surface area contributed by atoms with Gasteiger partial charge in [-0.1, -0.05) is 29.6 Å². The maximum Gasteiger partial charge on any atom is 0.416 e. The summed E-state index contributed by atoms with van der Waals surface area (Å²) in [7, 11) is 0. The first-order valence-electron chi connectivity index (χ1n) is 16.1. The molecule has 0 N–H and O–H groups in total. The van der Waals surface area contributed by atoms with E-state index in [0.717, 1.165) is 54.8 Å². The maximum absolute atomic E-state index is 14.6. The fraction of sp³-hybridized carbons (Fsp3) is 0.486. The predicted molar refractivity (Wildman–Crippen MR) is 171 cm³/mol. The van der Waals surface area contributed by atoms with E-state index in [1.165, 1.54) is 28.6 Å². The number of benzene rings is 2. The molecule has 242 valence electrons. The van der Waals surface area contributed by atoms with Crippen LogP contribution in [0.1, 0.15) is 94.2 Å². The normalized spacial score (nSPS) is 23.2. The molecule has 0 bridgehead atoms. The molecule has 1 saturated carbocycles. The van der Waals surface area contributed by atoms with Crippen LogP contribution >= 0.6 is 11.5 Å². The van der Waals surface area contributed by atoms with Crippen molar-refractivity contribution in [2.75, 3.05) is 31.1 Å². The molecule has 2 saturated heterocycles. The van der Waals surface area contributed by atoms with Gasteiger partial charge in [-0.15, -0.1) is 5.10 Å². The largest absolute Gasteiger partial charge is 0.416 e. The Kier molecular flexibility index (Phi) is 7.83. The predicted octanol–water partition coefficient (Wildman–Crippen LogP) is 7.13. The molecular formula is C35H38F3N5O2S. The quantitative estimate of drug-likeness (QED) is 0.255. The number of carbonyl (C=O) groups excluding carboxylic acids is 2. The first kappa shape index (κ1) is 31.1. The van der Waals surface area contributed by atoms with Crippen molar-refractivity contribution in [1.82, 2.24) is 19.4 Å². The second-order valence-electron chi connectivity index (χ2n) is 13.6. The molecule has 1 aliphatic carbocycles. The van der Waals surface area contributed by atoms with Gasteiger partial charge in [-0.25, -0.2) is 0 Å². The van der Waals surface area contributed by atoms with Gasteiger partial charge >= 0.3 is 6.18 Å². The highest BCUT2D eigenvalue weighted by molar-refractivity contribution is 7.05. The molecule has 1 aromatic heterocycles. The van der Waals surface area contributed by atoms with Crippen LogP contribution in [0.4, 0.5) is 18.9 Å². The Morgan fingerprint density at radius 3 is 2.59 bits per heavy atom. The topological polar surface area (TPSA) is 69.6 Å². The third kappa shape index (κ3) is 5.35. The number of fused-ring (bicyclic) bond motifs is 1. The number of carbonyl (C=O) groups is 2. The second-order valence-corrected chi connectivity index (χ2v) is 14.5. The summed E-state index contributed by atoms with van der Waals surface area (Å²) in [6, 6.07) is 10.3. The summed E-state index contributed by atoms with van der Waals surface area (Å²) in [5, 5.41) is 4.44. The summed E-state index contributed by atoms with van der Waals surface area (Å²) in [5.74, 6) is -0.0362. The van der Waals surface area contributed by atoms with Gasteiger partial charge in [0.25, 0.3) is 5.91 Å². The van der Waals surface area contributed by atoms with Crippen LogP contribution < -0.4 is 4.90 Å². The fourth-order valence-corrected chi connectivity index (χ4v) is 8.58. The van der Waals surface area contributed by atoms with Gasteiger partial charge in [-0.05, 0) is 111 Å². The minimum atomic E-state index is -4.61. The van der Waals surface area contributed by atoms with Crippen LogP contribution in [0.15, 0.2) is 49.1 Å². The minimum Gasteiger partial charge on any atom is -0.339 e. The number of hydrogen-bond acceptors (Lipinski definition) is 6. The Balaban J connectivity index is 1.17. The maximum atomic E-state index is 14.6. The molecule has 0 unspecified atom stereocenters. The molecule has 46 heavy (non-hydrogen) atoms. The van der Waals surface area contributed by atoms with E-state index in [0.29, 0.717) is 36.8 Å². The first-order chi connectivity index (χ1) is 22.0. The third-order valence-corrected chi connectivity index (χ3v) is 11.6. The van der Waals surface area contributed by atoms with Crippen molar-refractivity contribution >= 4 is 29.0 Å². The number of halogens is 3. The Hall–Kier alpha value is -3.57. The smallest absolute Gasteiger partial charge is 0.339 e. The zero-order valence-electron chi connectivity index (χ0n) is 26.1. The number of nitrogens with zero attached hydrogens (tertiary/aromatic N) is 5. The van der Waals surface area contributed by atoms with Crippen molar-refractivity contribution < 1.29 is 22.8 Å². The number of likely N-dealkylation sites (tertiary alicyclic amines) is 2. The fourth-order valence-electron chi connectivity index (χ4n) is 8.07. The van der Waals surface area contributed by atoms with Crippen LogP contribution in [-0.2, 0) is 17.5 Å². The molecular weight excluding hydrogens is 611 g/mol. The molecule has 7 rings (SSSR count). The number of alkyl halides is 3. The Morgan fingerprint density at radius 2 is 1.91 bits per heavy atom. The van der Waals surface area contributed by atoms with Crippen molar-refractivity contribution in [3.8, 4) is 0 Å². The first-order valence-corrected chi connectivity index (χ1v) is 16.9. The van der Waals surface area contributed by atoms with Gasteiger partial charge in [0.05, 0.1) is 17.8 Å². The zero-order valence-corrected chi connectivity index (χ0v) is 27.0. The minimum absolute atomic E-state index is 0.0289. The molecule has 3 fully saturated rings. The zero-order chi connectivity index (χ0) is 32.4. The van der Waals surface area contributed by atoms with E-state index in [1.807, 2.05) is 36.9 Å². The number of amides is 2. The highest BCUT2D eigenvalue weighted by Gasteiger charge is 2.46. The summed E-state index contributed by atoms with van der Waals surface area (Å²) >= 11 is 1.37. The lowest BCUT2D eigenvalue weighted by molar-refractivity contribution is -0.138. The third-order valence-electron chi connectivity index (χ3n) is 10.9. The van der Waals surface area contributed by atoms with Crippen molar-refractivity contribution in [2.24, 2.45) is 11.3 Å².